The molecule has 4 heteroatoms. The lowest BCUT2D eigenvalue weighted by molar-refractivity contribution is 0.174. The number of nitrogens with one attached hydrogen (secondary N) is 1. The summed E-state index contributed by atoms with van der Waals surface area (Å²) in [4.78, 5) is 0.884. The van der Waals surface area contributed by atoms with E-state index >= 15 is 0 Å². The number of ether oxygens (including phenoxy) is 1. The minimum atomic E-state index is -0.967. The van der Waals surface area contributed by atoms with Crippen LogP contribution in [0.1, 0.15) is 12.5 Å². The molecule has 3 nitrogen and oxygen atoms in total. The Hall–Kier alpha value is -0.710. The second-order valence-corrected chi connectivity index (χ2v) is 5.53. The summed E-state index contributed by atoms with van der Waals surface area (Å²) >= 11 is 0. The first kappa shape index (κ1) is 14.4. The van der Waals surface area contributed by atoms with Crippen molar-refractivity contribution in [2.75, 3.05) is 26.0 Å². The zero-order chi connectivity index (χ0) is 12.7. The number of rotatable bonds is 7. The smallest absolute Gasteiger partial charge is 0.0624 e. The lowest BCUT2D eigenvalue weighted by atomic mass is 10.2. The molecule has 0 aromatic heterocycles. The van der Waals surface area contributed by atoms with Crippen molar-refractivity contribution in [2.24, 2.45) is 0 Å². The summed E-state index contributed by atoms with van der Waals surface area (Å²) in [7, 11) is 0.699. The van der Waals surface area contributed by atoms with E-state index in [1.807, 2.05) is 38.1 Å². The maximum absolute atomic E-state index is 12.1. The van der Waals surface area contributed by atoms with Gasteiger partial charge < -0.3 is 10.1 Å². The normalized spacial score (nSPS) is 14.5. The molecule has 17 heavy (non-hydrogen) atoms. The highest BCUT2D eigenvalue weighted by Crippen LogP contribution is 2.09. The SMILES string of the molecule is CCNC(COC)CS(=O)c1ccc(C)cc1. The predicted molar refractivity (Wildman–Crippen MR) is 71.8 cm³/mol. The van der Waals surface area contributed by atoms with Gasteiger partial charge in [-0.3, -0.25) is 4.21 Å². The van der Waals surface area contributed by atoms with E-state index in [-0.39, 0.29) is 6.04 Å². The molecule has 0 heterocycles. The van der Waals surface area contributed by atoms with Gasteiger partial charge in [-0.25, -0.2) is 0 Å². The van der Waals surface area contributed by atoms with Crippen molar-refractivity contribution in [3.05, 3.63) is 29.8 Å². The number of aryl methyl sites for hydroxylation is 1. The van der Waals surface area contributed by atoms with E-state index in [9.17, 15) is 4.21 Å². The Bertz CT molecular complexity index is 345. The molecule has 0 amide bonds. The Morgan fingerprint density at radius 3 is 2.53 bits per heavy atom. The van der Waals surface area contributed by atoms with E-state index in [1.54, 1.807) is 7.11 Å². The molecule has 0 saturated heterocycles. The van der Waals surface area contributed by atoms with Crippen LogP contribution < -0.4 is 5.32 Å². The third-order valence-electron chi connectivity index (χ3n) is 2.50. The third-order valence-corrected chi connectivity index (χ3v) is 4.00. The zero-order valence-corrected chi connectivity index (χ0v) is 11.5. The summed E-state index contributed by atoms with van der Waals surface area (Å²) < 4.78 is 17.2. The highest BCUT2D eigenvalue weighted by molar-refractivity contribution is 7.85. The van der Waals surface area contributed by atoms with Crippen LogP contribution >= 0.6 is 0 Å². The van der Waals surface area contributed by atoms with Gasteiger partial charge >= 0.3 is 0 Å². The van der Waals surface area contributed by atoms with Gasteiger partial charge in [-0.1, -0.05) is 24.6 Å². The molecule has 1 aromatic rings. The minimum absolute atomic E-state index is 0.145. The maximum atomic E-state index is 12.1. The van der Waals surface area contributed by atoms with Crippen molar-refractivity contribution in [3.8, 4) is 0 Å². The summed E-state index contributed by atoms with van der Waals surface area (Å²) in [6.07, 6.45) is 0. The Morgan fingerprint density at radius 1 is 1.35 bits per heavy atom. The molecule has 0 fully saturated rings. The van der Waals surface area contributed by atoms with Crippen LogP contribution in [-0.2, 0) is 15.5 Å². The van der Waals surface area contributed by atoms with Crippen molar-refractivity contribution in [2.45, 2.75) is 24.8 Å². The van der Waals surface area contributed by atoms with Gasteiger partial charge in [-0.15, -0.1) is 0 Å². The average molecular weight is 255 g/mol. The summed E-state index contributed by atoms with van der Waals surface area (Å²) in [5.74, 6) is 0.588. The molecule has 0 spiro atoms. The fourth-order valence-corrected chi connectivity index (χ4v) is 2.84. The van der Waals surface area contributed by atoms with Crippen LogP contribution in [-0.4, -0.2) is 36.3 Å². The summed E-state index contributed by atoms with van der Waals surface area (Å²) in [6, 6.07) is 7.99. The summed E-state index contributed by atoms with van der Waals surface area (Å²) in [5.41, 5.74) is 1.19. The quantitative estimate of drug-likeness (QED) is 0.806. The first-order chi connectivity index (χ1) is 8.17. The number of methoxy groups -OCH3 is 1. The Kier molecular flexibility index (Phi) is 6.40. The van der Waals surface area contributed by atoms with Gasteiger partial charge in [0, 0.05) is 23.8 Å². The number of likely N-dealkylation sites (N-methyl/N-ethyl adjacent to an activating group) is 1. The van der Waals surface area contributed by atoms with Crippen LogP contribution in [0.15, 0.2) is 29.2 Å². The van der Waals surface area contributed by atoms with Gasteiger partial charge in [0.05, 0.1) is 17.4 Å². The van der Waals surface area contributed by atoms with E-state index in [2.05, 4.69) is 5.32 Å². The fourth-order valence-electron chi connectivity index (χ4n) is 1.62. The number of benzene rings is 1. The predicted octanol–water partition coefficient (Wildman–Crippen LogP) is 1.73. The number of hydrogen-bond donors (Lipinski definition) is 1. The third kappa shape index (κ3) is 4.98. The Morgan fingerprint density at radius 2 is 2.00 bits per heavy atom. The molecule has 0 aliphatic rings. The summed E-state index contributed by atoms with van der Waals surface area (Å²) in [6.45, 7) is 5.51. The van der Waals surface area contributed by atoms with Crippen LogP contribution in [0.5, 0.6) is 0 Å². The van der Waals surface area contributed by atoms with Gasteiger partial charge in [-0.2, -0.15) is 0 Å². The van der Waals surface area contributed by atoms with E-state index in [0.717, 1.165) is 11.4 Å². The number of hydrogen-bond acceptors (Lipinski definition) is 3. The molecule has 1 aromatic carbocycles. The molecular weight excluding hydrogens is 234 g/mol. The van der Waals surface area contributed by atoms with Crippen molar-refractivity contribution < 1.29 is 8.95 Å². The second kappa shape index (κ2) is 7.58. The van der Waals surface area contributed by atoms with Crippen LogP contribution in [0.4, 0.5) is 0 Å². The highest BCUT2D eigenvalue weighted by atomic mass is 32.2. The average Bonchev–Trinajstić information content (AvgIpc) is 2.30. The van der Waals surface area contributed by atoms with E-state index in [0.29, 0.717) is 12.4 Å². The van der Waals surface area contributed by atoms with Crippen LogP contribution in [0.2, 0.25) is 0 Å². The maximum Gasteiger partial charge on any atom is 0.0624 e. The molecule has 0 aliphatic carbocycles. The van der Waals surface area contributed by atoms with Gasteiger partial charge in [-0.05, 0) is 25.6 Å². The topological polar surface area (TPSA) is 38.3 Å². The highest BCUT2D eigenvalue weighted by Gasteiger charge is 2.12. The molecule has 1 rings (SSSR count). The molecule has 0 aliphatic heterocycles. The molecule has 96 valence electrons. The molecule has 2 unspecified atom stereocenters. The van der Waals surface area contributed by atoms with Gasteiger partial charge in [0.15, 0.2) is 0 Å². The van der Waals surface area contributed by atoms with Gasteiger partial charge in [0.2, 0.25) is 0 Å². The van der Waals surface area contributed by atoms with Crippen LogP contribution in [0, 0.1) is 6.92 Å². The van der Waals surface area contributed by atoms with E-state index in [4.69, 9.17) is 4.74 Å². The van der Waals surface area contributed by atoms with Crippen LogP contribution in [0.3, 0.4) is 0 Å². The molecule has 1 N–H and O–H groups in total. The first-order valence-corrected chi connectivity index (χ1v) is 7.16. The van der Waals surface area contributed by atoms with Gasteiger partial charge in [0.25, 0.3) is 0 Å². The largest absolute Gasteiger partial charge is 0.383 e. The van der Waals surface area contributed by atoms with Crippen molar-refractivity contribution in [1.29, 1.82) is 0 Å². The molecule has 0 saturated carbocycles. The molecule has 0 radical (unpaired) electrons. The van der Waals surface area contributed by atoms with Crippen molar-refractivity contribution >= 4 is 10.8 Å². The lowest BCUT2D eigenvalue weighted by Gasteiger charge is -2.16. The molecular formula is C13H21NO2S. The Balaban J connectivity index is 2.60. The first-order valence-electron chi connectivity index (χ1n) is 5.84. The standard InChI is InChI=1S/C13H21NO2S/c1-4-14-12(9-16-3)10-17(15)13-7-5-11(2)6-8-13/h5-8,12,14H,4,9-10H2,1-3H3. The second-order valence-electron chi connectivity index (χ2n) is 4.04. The minimum Gasteiger partial charge on any atom is -0.383 e. The van der Waals surface area contributed by atoms with E-state index in [1.165, 1.54) is 5.56 Å². The molecule has 0 bridgehead atoms. The lowest BCUT2D eigenvalue weighted by Crippen LogP contribution is -2.37. The van der Waals surface area contributed by atoms with Crippen LogP contribution in [0.25, 0.3) is 0 Å². The fraction of sp³-hybridized carbons (Fsp3) is 0.538. The van der Waals surface area contributed by atoms with Gasteiger partial charge in [0.1, 0.15) is 0 Å². The summed E-state index contributed by atoms with van der Waals surface area (Å²) in [5, 5.41) is 3.28. The van der Waals surface area contributed by atoms with Crippen molar-refractivity contribution in [1.82, 2.24) is 5.32 Å². The molecule has 2 atom stereocenters. The zero-order valence-electron chi connectivity index (χ0n) is 10.7. The van der Waals surface area contributed by atoms with Crippen molar-refractivity contribution in [3.63, 3.8) is 0 Å². The van der Waals surface area contributed by atoms with E-state index < -0.39 is 10.8 Å². The Labute approximate surface area is 106 Å². The monoisotopic (exact) mass is 255 g/mol.